The maximum absolute atomic E-state index is 14.8. The second-order valence-electron chi connectivity index (χ2n) is 26.7. The minimum Gasteiger partial charge on any atom is -0.391 e. The molecule has 12 atom stereocenters. The molecule has 1 saturated carbocycles. The fourth-order valence-corrected chi connectivity index (χ4v) is 14.8. The van der Waals surface area contributed by atoms with Crippen LogP contribution in [0.2, 0.25) is 0 Å². The predicted molar refractivity (Wildman–Crippen MR) is 351 cm³/mol. The number of hydrogen-bond donors (Lipinski definition) is 8. The van der Waals surface area contributed by atoms with Crippen molar-refractivity contribution in [3.05, 3.63) is 95.1 Å². The van der Waals surface area contributed by atoms with Crippen LogP contribution in [0.1, 0.15) is 142 Å². The van der Waals surface area contributed by atoms with Crippen LogP contribution >= 0.6 is 0 Å². The summed E-state index contributed by atoms with van der Waals surface area (Å²) in [6.07, 6.45) is 10.0. The molecule has 5 aromatic rings. The Kier molecular flexibility index (Phi) is 23.7. The van der Waals surface area contributed by atoms with Gasteiger partial charge in [0.05, 0.1) is 35.7 Å². The molecule has 0 unspecified atom stereocenters. The highest BCUT2D eigenvalue weighted by Gasteiger charge is 2.45. The summed E-state index contributed by atoms with van der Waals surface area (Å²) in [4.78, 5) is 95.4. The molecule has 5 aliphatic rings. The van der Waals surface area contributed by atoms with E-state index < -0.39 is 53.9 Å². The number of fused-ring (bicyclic) bond motifs is 3. The predicted octanol–water partition coefficient (Wildman–Crippen LogP) is 7.96. The highest BCUT2D eigenvalue weighted by atomic mass is 19.1. The number of aromatic nitrogens is 2. The first-order valence-electron chi connectivity index (χ1n) is 33.9. The molecule has 2 aromatic heterocycles. The number of H-pyrrole nitrogens is 2. The Morgan fingerprint density at radius 1 is 0.626 bits per heavy atom. The van der Waals surface area contributed by atoms with E-state index in [0.29, 0.717) is 64.8 Å². The van der Waals surface area contributed by atoms with Crippen LogP contribution in [0.5, 0.6) is 0 Å². The molecule has 4 aliphatic heterocycles. The molecule has 496 valence electrons. The Labute approximate surface area is 535 Å². The molecular weight excluding hydrogens is 1160 g/mol. The molecule has 0 radical (unpaired) electrons. The van der Waals surface area contributed by atoms with Crippen LogP contribution in [-0.2, 0) is 48.0 Å². The zero-order chi connectivity index (χ0) is 65.2. The summed E-state index contributed by atoms with van der Waals surface area (Å²) >= 11 is 0. The number of nitrogens with one attached hydrogen (secondary N) is 6. The van der Waals surface area contributed by atoms with Crippen molar-refractivity contribution in [2.75, 3.05) is 53.4 Å². The van der Waals surface area contributed by atoms with Gasteiger partial charge in [-0.15, -0.1) is 0 Å². The fourth-order valence-electron chi connectivity index (χ4n) is 14.8. The van der Waals surface area contributed by atoms with E-state index in [0.717, 1.165) is 75.8 Å². The van der Waals surface area contributed by atoms with Crippen molar-refractivity contribution in [1.29, 1.82) is 0 Å². The van der Waals surface area contributed by atoms with Crippen LogP contribution in [0.15, 0.2) is 66.7 Å². The summed E-state index contributed by atoms with van der Waals surface area (Å²) < 4.78 is 29.6. The second-order valence-corrected chi connectivity index (χ2v) is 26.7. The number of β-amino-alcohol motifs (C(OH)–C–C–N with tert-alkyl or cyclic N) is 2. The van der Waals surface area contributed by atoms with Crippen molar-refractivity contribution >= 4 is 57.1 Å². The summed E-state index contributed by atoms with van der Waals surface area (Å²) in [6, 6.07) is 17.1. The average Bonchev–Trinajstić information content (AvgIpc) is 1.62. The van der Waals surface area contributed by atoms with Gasteiger partial charge in [0.1, 0.15) is 29.5 Å². The van der Waals surface area contributed by atoms with Crippen LogP contribution in [0.3, 0.4) is 0 Å². The van der Waals surface area contributed by atoms with Crippen LogP contribution in [0.4, 0.5) is 8.78 Å². The van der Waals surface area contributed by atoms with Gasteiger partial charge < -0.3 is 61.0 Å². The molecule has 8 N–H and O–H groups in total. The van der Waals surface area contributed by atoms with Crippen molar-refractivity contribution in [3.8, 4) is 11.4 Å². The van der Waals surface area contributed by atoms with E-state index in [1.807, 2.05) is 34.6 Å². The number of nitrogens with zero attached hydrogens (tertiary/aromatic N) is 4. The Morgan fingerprint density at radius 3 is 1.75 bits per heavy atom. The lowest BCUT2D eigenvalue weighted by molar-refractivity contribution is -0.140. The quantitative estimate of drug-likeness (QED) is 0.0295. The normalized spacial score (nSPS) is 23.3. The van der Waals surface area contributed by atoms with Crippen molar-refractivity contribution < 1.29 is 47.8 Å². The Balaban J connectivity index is 0.000000250. The average molecular weight is 1260 g/mol. The molecule has 5 fully saturated rings. The number of ketones is 1. The molecule has 6 heterocycles. The smallest absolute Gasteiger partial charge is 0.245 e. The van der Waals surface area contributed by atoms with Crippen LogP contribution in [0.25, 0.3) is 33.2 Å². The van der Waals surface area contributed by atoms with E-state index in [-0.39, 0.29) is 104 Å². The number of benzene rings is 3. The number of likely N-dealkylation sites (tertiary alicyclic amines) is 4. The summed E-state index contributed by atoms with van der Waals surface area (Å²) in [5, 5.41) is 35.4. The molecule has 1 aliphatic carbocycles. The van der Waals surface area contributed by atoms with Gasteiger partial charge in [0.2, 0.25) is 29.5 Å². The molecule has 20 heteroatoms. The van der Waals surface area contributed by atoms with Crippen LogP contribution < -0.4 is 21.3 Å². The monoisotopic (exact) mass is 1260 g/mol. The molecule has 18 nitrogen and oxygen atoms in total. The van der Waals surface area contributed by atoms with Crippen molar-refractivity contribution in [1.82, 2.24) is 50.8 Å². The first kappa shape index (κ1) is 68.8. The lowest BCUT2D eigenvalue weighted by Crippen LogP contribution is -2.58. The topological polar surface area (TPSA) is 236 Å². The first-order valence-corrected chi connectivity index (χ1v) is 33.9. The summed E-state index contributed by atoms with van der Waals surface area (Å²) in [5.74, 6) is -1.55. The lowest BCUT2D eigenvalue weighted by atomic mass is 9.83. The molecule has 10 rings (SSSR count). The number of likely N-dealkylation sites (N-methyl/N-ethyl adjacent to an activating group) is 2. The number of carbonyl (C=O) groups is 6. The second kappa shape index (κ2) is 31.4. The van der Waals surface area contributed by atoms with Gasteiger partial charge in [-0.25, -0.2) is 8.78 Å². The van der Waals surface area contributed by atoms with Gasteiger partial charge >= 0.3 is 0 Å². The zero-order valence-electron chi connectivity index (χ0n) is 54.8. The van der Waals surface area contributed by atoms with E-state index in [9.17, 15) is 47.8 Å². The number of aliphatic hydroxyl groups is 2. The van der Waals surface area contributed by atoms with Crippen molar-refractivity contribution in [2.24, 2.45) is 23.7 Å². The molecule has 5 amide bonds. The number of amides is 5. The maximum Gasteiger partial charge on any atom is 0.245 e. The SMILES string of the molecule is CC[C@H](CC(=O)[C@H](C)NC)C(=O)N1C[C@@H](O)C[C@H]1Cc1c(-c2[nH]c3cc(F)ccc3c2C[C@@H]2C[C@H](O)CN2C(=O)[C@H](CC)NC(=O)[C@H](C)CC)[nH]c2cc(F)ccc12.CN[C@@H](C)C(=O)N[C@H](C(=O)N1CC[C@H]2CCN(CCc3ccccc3)C[C@H]21)C1CCCCC1. The van der Waals surface area contributed by atoms with E-state index in [1.54, 1.807) is 43.0 Å². The number of halogens is 2. The number of aliphatic hydroxyl groups excluding tert-OH is 2. The minimum absolute atomic E-state index is 0.0645. The Hall–Kier alpha value is -6.58. The molecular formula is C71H100F2N10O8. The van der Waals surface area contributed by atoms with Gasteiger partial charge in [0.15, 0.2) is 0 Å². The third-order valence-corrected chi connectivity index (χ3v) is 20.8. The van der Waals surface area contributed by atoms with E-state index in [1.165, 1.54) is 42.7 Å². The van der Waals surface area contributed by atoms with E-state index >= 15 is 0 Å². The summed E-state index contributed by atoms with van der Waals surface area (Å²) in [5.41, 5.74) is 5.07. The first-order chi connectivity index (χ1) is 43.7. The highest BCUT2D eigenvalue weighted by Crippen LogP contribution is 2.41. The van der Waals surface area contributed by atoms with Crippen molar-refractivity contribution in [3.63, 3.8) is 0 Å². The maximum atomic E-state index is 14.8. The largest absolute Gasteiger partial charge is 0.391 e. The lowest BCUT2D eigenvalue weighted by Gasteiger charge is -2.41. The van der Waals surface area contributed by atoms with Gasteiger partial charge in [-0.3, -0.25) is 28.8 Å². The number of hydrogen-bond acceptors (Lipinski definition) is 11. The van der Waals surface area contributed by atoms with Gasteiger partial charge in [-0.2, -0.15) is 0 Å². The summed E-state index contributed by atoms with van der Waals surface area (Å²) in [7, 11) is 3.49. The van der Waals surface area contributed by atoms with Gasteiger partial charge in [0.25, 0.3) is 0 Å². The number of aromatic amines is 2. The third kappa shape index (κ3) is 16.3. The molecule has 4 saturated heterocycles. The summed E-state index contributed by atoms with van der Waals surface area (Å²) in [6.45, 7) is 15.2. The molecule has 3 aromatic carbocycles. The fraction of sp³-hybridized carbons (Fsp3) is 0.606. The Morgan fingerprint density at radius 2 is 1.20 bits per heavy atom. The standard InChI is InChI=1S/C44H58F2N6O6.C27H42N4O2/c1-7-23(4)42(56)50-36(9-3)44(58)52-22-31(54)18-29(52)20-35-33-13-11-27(46)16-38(33)49-41(35)40-34(32-12-10-26(45)15-37(32)48-40)19-28-17-30(53)21-51(28)43(57)25(8-2)14-39(55)24(5)47-6;1-20(28-2)26(32)29-25(23-11-7-4-8-12-23)27(33)31-18-15-22-14-17-30(19-24(22)31)16-13-21-9-5-3-6-10-21/h10-13,15-16,23-25,28-31,36,47-49,53-54H,7-9,14,17-22H2,1-6H3,(H,50,56);3,5-6,9-10,20,22-25,28H,4,7-8,11-19H2,1-2H3,(H,29,32)/t23-,24+,25-,28+,29+,30+,31+,36+;20-,22+,24+,25-/m10/s1. The Bertz CT molecular complexity index is 3160. The van der Waals surface area contributed by atoms with Crippen LogP contribution in [0, 0.1) is 35.3 Å². The molecule has 91 heavy (non-hydrogen) atoms. The number of piperidine rings is 1. The minimum atomic E-state index is -0.796. The zero-order valence-corrected chi connectivity index (χ0v) is 54.8. The number of carbonyl (C=O) groups excluding carboxylic acids is 6. The number of Topliss-reactive ketones (excluding diaryl/α,β-unsaturated/α-hetero) is 1. The van der Waals surface area contributed by atoms with E-state index in [2.05, 4.69) is 71.4 Å². The van der Waals surface area contributed by atoms with Gasteiger partial charge in [0, 0.05) is 90.9 Å². The third-order valence-electron chi connectivity index (χ3n) is 20.8. The van der Waals surface area contributed by atoms with E-state index in [4.69, 9.17) is 0 Å². The highest BCUT2D eigenvalue weighted by molar-refractivity contribution is 5.97. The van der Waals surface area contributed by atoms with Crippen molar-refractivity contribution in [2.45, 2.75) is 199 Å². The molecule has 0 spiro atoms. The van der Waals surface area contributed by atoms with Gasteiger partial charge in [-0.1, -0.05) is 77.3 Å². The number of rotatable bonds is 24. The molecule has 0 bridgehead atoms. The van der Waals surface area contributed by atoms with Gasteiger partial charge in [-0.05, 0) is 176 Å². The van der Waals surface area contributed by atoms with Crippen LogP contribution in [-0.4, -0.2) is 183 Å².